The first-order chi connectivity index (χ1) is 16.3. The molecule has 1 aliphatic heterocycles. The number of aromatic nitrogens is 5. The molecule has 4 heterocycles. The molecule has 2 aliphatic rings. The fourth-order valence-electron chi connectivity index (χ4n) is 4.81. The molecule has 0 unspecified atom stereocenters. The van der Waals surface area contributed by atoms with Gasteiger partial charge in [-0.05, 0) is 37.8 Å². The Bertz CT molecular complexity index is 1250. The van der Waals surface area contributed by atoms with Crippen LogP contribution in [0.25, 0.3) is 22.1 Å². The summed E-state index contributed by atoms with van der Waals surface area (Å²) in [5.41, 5.74) is 3.67. The number of hydrogen-bond acceptors (Lipinski definition) is 8. The Morgan fingerprint density at radius 2 is 1.85 bits per heavy atom. The van der Waals surface area contributed by atoms with Gasteiger partial charge in [-0.25, -0.2) is 15.0 Å². The van der Waals surface area contributed by atoms with Crippen LogP contribution in [-0.4, -0.2) is 63.4 Å². The minimum absolute atomic E-state index is 0.158. The van der Waals surface area contributed by atoms with E-state index in [0.29, 0.717) is 6.04 Å². The van der Waals surface area contributed by atoms with Gasteiger partial charge in [-0.3, -0.25) is 4.98 Å². The van der Waals surface area contributed by atoms with Crippen molar-refractivity contribution >= 4 is 33.6 Å². The molecule has 0 atom stereocenters. The molecule has 0 radical (unpaired) electrons. The molecular formula is C24H27N7O2. The van der Waals surface area contributed by atoms with E-state index in [2.05, 4.69) is 47.3 Å². The number of ether oxygens (including phenoxy) is 2. The van der Waals surface area contributed by atoms with E-state index in [-0.39, 0.29) is 6.10 Å². The average molecular weight is 446 g/mol. The highest BCUT2D eigenvalue weighted by Crippen LogP contribution is 2.33. The summed E-state index contributed by atoms with van der Waals surface area (Å²) in [6.45, 7) is 3.24. The van der Waals surface area contributed by atoms with E-state index in [1.54, 1.807) is 18.7 Å². The predicted molar refractivity (Wildman–Crippen MR) is 127 cm³/mol. The van der Waals surface area contributed by atoms with Gasteiger partial charge in [0.15, 0.2) is 0 Å². The number of benzene rings is 1. The van der Waals surface area contributed by atoms with Crippen LogP contribution in [0.15, 0.2) is 43.1 Å². The van der Waals surface area contributed by atoms with E-state index in [9.17, 15) is 0 Å². The molecule has 1 saturated heterocycles. The standard InChI is InChI=1S/C24H27N7O2/c1-3-18(4-2-16(1)30-24-19-5-6-27-23(19)28-15-29-24)33-21-14-17(31-9-11-32-12-10-31)13-20-22(21)26-8-7-25-20/h5-8,13-16,18H,1-4,9-12H2,(H2,27,28,29,30). The summed E-state index contributed by atoms with van der Waals surface area (Å²) in [5, 5.41) is 4.64. The van der Waals surface area contributed by atoms with Crippen molar-refractivity contribution in [1.82, 2.24) is 24.9 Å². The van der Waals surface area contributed by atoms with Crippen LogP contribution in [0.4, 0.5) is 11.5 Å². The third-order valence-corrected chi connectivity index (χ3v) is 6.56. The van der Waals surface area contributed by atoms with Crippen molar-refractivity contribution in [3.63, 3.8) is 0 Å². The largest absolute Gasteiger partial charge is 0.488 e. The SMILES string of the molecule is c1cnc2c(OC3CCC(Nc4ncnc5[nH]ccc45)CC3)cc(N3CCOCC3)cc2n1. The Kier molecular flexibility index (Phi) is 5.39. The number of rotatable bonds is 5. The third kappa shape index (κ3) is 4.16. The molecule has 1 saturated carbocycles. The van der Waals surface area contributed by atoms with E-state index in [0.717, 1.165) is 91.3 Å². The van der Waals surface area contributed by atoms with Crippen molar-refractivity contribution in [3.8, 4) is 5.75 Å². The lowest BCUT2D eigenvalue weighted by molar-refractivity contribution is 0.122. The Hall–Kier alpha value is -3.46. The summed E-state index contributed by atoms with van der Waals surface area (Å²) >= 11 is 0. The molecule has 0 amide bonds. The van der Waals surface area contributed by atoms with E-state index in [4.69, 9.17) is 9.47 Å². The predicted octanol–water partition coefficient (Wildman–Crippen LogP) is 3.54. The minimum Gasteiger partial charge on any atom is -0.488 e. The minimum atomic E-state index is 0.158. The maximum absolute atomic E-state index is 6.54. The van der Waals surface area contributed by atoms with Crippen molar-refractivity contribution in [2.45, 2.75) is 37.8 Å². The third-order valence-electron chi connectivity index (χ3n) is 6.56. The normalized spacial score (nSPS) is 21.4. The Morgan fingerprint density at radius 3 is 2.73 bits per heavy atom. The number of nitrogens with zero attached hydrogens (tertiary/aromatic N) is 5. The number of anilines is 2. The van der Waals surface area contributed by atoms with Crippen LogP contribution in [-0.2, 0) is 4.74 Å². The van der Waals surface area contributed by atoms with Crippen LogP contribution >= 0.6 is 0 Å². The van der Waals surface area contributed by atoms with Crippen LogP contribution in [0.5, 0.6) is 5.75 Å². The van der Waals surface area contributed by atoms with Gasteiger partial charge in [-0.1, -0.05) is 0 Å². The Balaban J connectivity index is 1.16. The molecule has 33 heavy (non-hydrogen) atoms. The zero-order chi connectivity index (χ0) is 22.0. The van der Waals surface area contributed by atoms with Gasteiger partial charge in [-0.15, -0.1) is 0 Å². The Labute approximate surface area is 191 Å². The van der Waals surface area contributed by atoms with Crippen LogP contribution in [0.2, 0.25) is 0 Å². The molecule has 170 valence electrons. The van der Waals surface area contributed by atoms with Gasteiger partial charge >= 0.3 is 0 Å². The molecule has 1 aliphatic carbocycles. The Morgan fingerprint density at radius 1 is 1.00 bits per heavy atom. The fraction of sp³-hybridized carbons (Fsp3) is 0.417. The number of aromatic amines is 1. The van der Waals surface area contributed by atoms with Crippen LogP contribution in [0, 0.1) is 0 Å². The molecule has 6 rings (SSSR count). The van der Waals surface area contributed by atoms with Gasteiger partial charge in [0.1, 0.15) is 29.1 Å². The van der Waals surface area contributed by atoms with Crippen LogP contribution in [0.3, 0.4) is 0 Å². The van der Waals surface area contributed by atoms with Crippen LogP contribution in [0.1, 0.15) is 25.7 Å². The zero-order valence-electron chi connectivity index (χ0n) is 18.4. The second-order valence-corrected chi connectivity index (χ2v) is 8.67. The number of H-pyrrole nitrogens is 1. The second kappa shape index (κ2) is 8.82. The number of morpholine rings is 1. The number of fused-ring (bicyclic) bond motifs is 2. The second-order valence-electron chi connectivity index (χ2n) is 8.67. The summed E-state index contributed by atoms with van der Waals surface area (Å²) in [6, 6.07) is 6.61. The quantitative estimate of drug-likeness (QED) is 0.481. The van der Waals surface area contributed by atoms with Crippen molar-refractivity contribution in [3.05, 3.63) is 43.1 Å². The van der Waals surface area contributed by atoms with Gasteiger partial charge in [-0.2, -0.15) is 0 Å². The summed E-state index contributed by atoms with van der Waals surface area (Å²) < 4.78 is 12.1. The van der Waals surface area contributed by atoms with Gasteiger partial charge in [0.2, 0.25) is 0 Å². The van der Waals surface area contributed by atoms with Crippen molar-refractivity contribution in [2.24, 2.45) is 0 Å². The first-order valence-electron chi connectivity index (χ1n) is 11.6. The van der Waals surface area contributed by atoms with Gasteiger partial charge < -0.3 is 24.7 Å². The molecule has 9 heteroatoms. The summed E-state index contributed by atoms with van der Waals surface area (Å²) in [7, 11) is 0. The first-order valence-corrected chi connectivity index (χ1v) is 11.6. The molecule has 0 bridgehead atoms. The highest BCUT2D eigenvalue weighted by Gasteiger charge is 2.25. The van der Waals surface area contributed by atoms with Crippen molar-refractivity contribution in [1.29, 1.82) is 0 Å². The summed E-state index contributed by atoms with van der Waals surface area (Å²) in [4.78, 5) is 23.3. The highest BCUT2D eigenvalue weighted by atomic mass is 16.5. The molecule has 3 aromatic heterocycles. The summed E-state index contributed by atoms with van der Waals surface area (Å²) in [6.07, 6.45) is 11.1. The molecular weight excluding hydrogens is 418 g/mol. The van der Waals surface area contributed by atoms with E-state index < -0.39 is 0 Å². The molecule has 1 aromatic carbocycles. The molecule has 9 nitrogen and oxygen atoms in total. The first kappa shape index (κ1) is 20.2. The maximum atomic E-state index is 6.54. The van der Waals surface area contributed by atoms with Gasteiger partial charge in [0.05, 0.1) is 30.2 Å². The lowest BCUT2D eigenvalue weighted by Gasteiger charge is -2.31. The lowest BCUT2D eigenvalue weighted by Crippen LogP contribution is -2.36. The lowest BCUT2D eigenvalue weighted by atomic mass is 9.93. The molecule has 4 aromatic rings. The fourth-order valence-corrected chi connectivity index (χ4v) is 4.81. The monoisotopic (exact) mass is 445 g/mol. The van der Waals surface area contributed by atoms with E-state index in [1.165, 1.54) is 0 Å². The topological polar surface area (TPSA) is 101 Å². The number of nitrogens with one attached hydrogen (secondary N) is 2. The van der Waals surface area contributed by atoms with E-state index in [1.807, 2.05) is 12.3 Å². The molecule has 2 N–H and O–H groups in total. The molecule has 0 spiro atoms. The van der Waals surface area contributed by atoms with Crippen LogP contribution < -0.4 is 15.0 Å². The number of hydrogen-bond donors (Lipinski definition) is 2. The van der Waals surface area contributed by atoms with Gasteiger partial charge in [0, 0.05) is 49.5 Å². The summed E-state index contributed by atoms with van der Waals surface area (Å²) in [5.74, 6) is 1.72. The average Bonchev–Trinajstić information content (AvgIpc) is 3.36. The van der Waals surface area contributed by atoms with Gasteiger partial charge in [0.25, 0.3) is 0 Å². The highest BCUT2D eigenvalue weighted by molar-refractivity contribution is 5.87. The maximum Gasteiger partial charge on any atom is 0.149 e. The zero-order valence-corrected chi connectivity index (χ0v) is 18.4. The molecule has 2 fully saturated rings. The van der Waals surface area contributed by atoms with Crippen molar-refractivity contribution in [2.75, 3.05) is 36.5 Å². The van der Waals surface area contributed by atoms with E-state index >= 15 is 0 Å². The smallest absolute Gasteiger partial charge is 0.149 e. The van der Waals surface area contributed by atoms with Crippen molar-refractivity contribution < 1.29 is 9.47 Å².